The summed E-state index contributed by atoms with van der Waals surface area (Å²) in [5.74, 6) is 1.76. The highest BCUT2D eigenvalue weighted by Gasteiger charge is 2.16. The molecule has 2 aromatic rings. The van der Waals surface area contributed by atoms with Gasteiger partial charge in [0.1, 0.15) is 5.75 Å². The predicted octanol–water partition coefficient (Wildman–Crippen LogP) is 3.06. The number of hydrogen-bond donors (Lipinski definition) is 1. The first-order valence-corrected chi connectivity index (χ1v) is 5.52. The van der Waals surface area contributed by atoms with Crippen LogP contribution >= 0.6 is 0 Å². The Morgan fingerprint density at radius 3 is 2.76 bits per heavy atom. The summed E-state index contributed by atoms with van der Waals surface area (Å²) in [5, 5.41) is 0. The summed E-state index contributed by atoms with van der Waals surface area (Å²) < 4.78 is 10.7. The van der Waals surface area contributed by atoms with Crippen molar-refractivity contribution in [2.45, 2.75) is 19.8 Å². The highest BCUT2D eigenvalue weighted by Crippen LogP contribution is 2.32. The molecule has 90 valence electrons. The molecule has 0 aliphatic heterocycles. The van der Waals surface area contributed by atoms with Crippen LogP contribution in [0.25, 0.3) is 11.3 Å². The largest absolute Gasteiger partial charge is 0.497 e. The normalized spacial score (nSPS) is 10.8. The fourth-order valence-corrected chi connectivity index (χ4v) is 1.71. The van der Waals surface area contributed by atoms with E-state index in [1.54, 1.807) is 7.11 Å². The lowest BCUT2D eigenvalue weighted by atomic mass is 10.0. The number of methoxy groups -OCH3 is 1. The Bertz CT molecular complexity index is 518. The summed E-state index contributed by atoms with van der Waals surface area (Å²) in [6, 6.07) is 7.86. The van der Waals surface area contributed by atoms with E-state index in [-0.39, 0.29) is 11.9 Å². The Kier molecular flexibility index (Phi) is 3.04. The number of aromatic nitrogens is 1. The van der Waals surface area contributed by atoms with Gasteiger partial charge in [-0.3, -0.25) is 0 Å². The fourth-order valence-electron chi connectivity index (χ4n) is 1.71. The van der Waals surface area contributed by atoms with E-state index in [0.717, 1.165) is 22.8 Å². The molecule has 0 aliphatic carbocycles. The number of ether oxygens (including phenoxy) is 1. The van der Waals surface area contributed by atoms with Crippen LogP contribution in [0.15, 0.2) is 28.7 Å². The minimum atomic E-state index is 0.200. The van der Waals surface area contributed by atoms with Gasteiger partial charge in [0, 0.05) is 5.56 Å². The van der Waals surface area contributed by atoms with Crippen molar-refractivity contribution in [2.24, 2.45) is 0 Å². The van der Waals surface area contributed by atoms with E-state index >= 15 is 0 Å². The molecule has 0 aliphatic rings. The molecule has 0 amide bonds. The van der Waals surface area contributed by atoms with Crippen molar-refractivity contribution >= 4 is 6.01 Å². The van der Waals surface area contributed by atoms with Crippen LogP contribution in [0.5, 0.6) is 5.75 Å². The first kappa shape index (κ1) is 11.5. The average Bonchev–Trinajstić information content (AvgIpc) is 2.72. The number of rotatable bonds is 3. The van der Waals surface area contributed by atoms with Gasteiger partial charge in [-0.25, -0.2) is 0 Å². The van der Waals surface area contributed by atoms with Crippen molar-refractivity contribution in [3.8, 4) is 17.1 Å². The van der Waals surface area contributed by atoms with Crippen molar-refractivity contribution in [3.05, 3.63) is 30.0 Å². The van der Waals surface area contributed by atoms with Crippen LogP contribution in [0.2, 0.25) is 0 Å². The molecule has 1 aromatic heterocycles. The minimum Gasteiger partial charge on any atom is -0.497 e. The minimum absolute atomic E-state index is 0.200. The molecule has 2 rings (SSSR count). The van der Waals surface area contributed by atoms with Gasteiger partial charge in [-0.05, 0) is 18.1 Å². The maximum atomic E-state index is 5.62. The molecule has 0 unspecified atom stereocenters. The summed E-state index contributed by atoms with van der Waals surface area (Å²) in [5.41, 5.74) is 7.42. The van der Waals surface area contributed by atoms with E-state index in [1.807, 2.05) is 24.3 Å². The van der Waals surface area contributed by atoms with E-state index in [0.29, 0.717) is 0 Å². The van der Waals surface area contributed by atoms with E-state index in [9.17, 15) is 0 Å². The Morgan fingerprint density at radius 2 is 2.12 bits per heavy atom. The molecule has 2 N–H and O–H groups in total. The molecule has 4 nitrogen and oxygen atoms in total. The van der Waals surface area contributed by atoms with Gasteiger partial charge in [0.2, 0.25) is 0 Å². The van der Waals surface area contributed by atoms with E-state index in [1.165, 1.54) is 0 Å². The molecule has 0 fully saturated rings. The molecule has 1 aromatic carbocycles. The maximum Gasteiger partial charge on any atom is 0.292 e. The van der Waals surface area contributed by atoms with Crippen molar-refractivity contribution in [1.29, 1.82) is 0 Å². The smallest absolute Gasteiger partial charge is 0.292 e. The lowest BCUT2D eigenvalue weighted by Crippen LogP contribution is -1.92. The van der Waals surface area contributed by atoms with Crippen molar-refractivity contribution in [3.63, 3.8) is 0 Å². The number of hydrogen-bond acceptors (Lipinski definition) is 4. The predicted molar refractivity (Wildman–Crippen MR) is 67.0 cm³/mol. The zero-order chi connectivity index (χ0) is 12.4. The third kappa shape index (κ3) is 2.25. The van der Waals surface area contributed by atoms with Crippen molar-refractivity contribution in [1.82, 2.24) is 4.98 Å². The zero-order valence-electron chi connectivity index (χ0n) is 10.2. The topological polar surface area (TPSA) is 61.3 Å². The van der Waals surface area contributed by atoms with E-state index < -0.39 is 0 Å². The molecular formula is C13H16N2O2. The number of nitrogen functional groups attached to an aromatic ring is 1. The first-order chi connectivity index (χ1) is 8.11. The zero-order valence-corrected chi connectivity index (χ0v) is 10.2. The second-order valence-corrected chi connectivity index (χ2v) is 4.15. The first-order valence-electron chi connectivity index (χ1n) is 5.52. The van der Waals surface area contributed by atoms with Gasteiger partial charge in [0.15, 0.2) is 5.76 Å². The van der Waals surface area contributed by atoms with Gasteiger partial charge >= 0.3 is 0 Å². The molecule has 0 saturated heterocycles. The van der Waals surface area contributed by atoms with Crippen molar-refractivity contribution < 1.29 is 9.15 Å². The number of oxazole rings is 1. The van der Waals surface area contributed by atoms with Crippen LogP contribution in [0.3, 0.4) is 0 Å². The lowest BCUT2D eigenvalue weighted by Gasteiger charge is -2.05. The molecule has 4 heteroatoms. The van der Waals surface area contributed by atoms with Crippen LogP contribution in [-0.4, -0.2) is 12.1 Å². The molecule has 0 saturated carbocycles. The Labute approximate surface area is 100 Å². The van der Waals surface area contributed by atoms with Crippen LogP contribution < -0.4 is 10.5 Å². The summed E-state index contributed by atoms with van der Waals surface area (Å²) in [6.07, 6.45) is 0. The molecular weight excluding hydrogens is 216 g/mol. The third-order valence-corrected chi connectivity index (χ3v) is 2.55. The van der Waals surface area contributed by atoms with E-state index in [4.69, 9.17) is 14.9 Å². The molecule has 0 bridgehead atoms. The van der Waals surface area contributed by atoms with Crippen molar-refractivity contribution in [2.75, 3.05) is 12.8 Å². The fraction of sp³-hybridized carbons (Fsp3) is 0.308. The van der Waals surface area contributed by atoms with Gasteiger partial charge in [-0.15, -0.1) is 0 Å². The second kappa shape index (κ2) is 4.49. The number of nitrogens with zero attached hydrogens (tertiary/aromatic N) is 1. The standard InChI is InChI=1S/C13H16N2O2/c1-8(2)11-12(17-13(14)15-11)9-5-4-6-10(7-9)16-3/h4-8H,1-3H3,(H2,14,15). The number of anilines is 1. The van der Waals surface area contributed by atoms with Gasteiger partial charge in [0.05, 0.1) is 12.8 Å². The Hall–Kier alpha value is -1.97. The summed E-state index contributed by atoms with van der Waals surface area (Å²) in [7, 11) is 1.64. The van der Waals surface area contributed by atoms with Crippen LogP contribution in [0, 0.1) is 0 Å². The second-order valence-electron chi connectivity index (χ2n) is 4.15. The molecule has 0 atom stereocenters. The van der Waals surface area contributed by atoms with E-state index in [2.05, 4.69) is 18.8 Å². The van der Waals surface area contributed by atoms with Gasteiger partial charge in [-0.2, -0.15) is 4.98 Å². The van der Waals surface area contributed by atoms with Crippen LogP contribution in [0.4, 0.5) is 6.01 Å². The Morgan fingerprint density at radius 1 is 1.35 bits per heavy atom. The SMILES string of the molecule is COc1cccc(-c2oc(N)nc2C(C)C)c1. The quantitative estimate of drug-likeness (QED) is 0.883. The monoisotopic (exact) mass is 232 g/mol. The van der Waals surface area contributed by atoms with Gasteiger partial charge < -0.3 is 14.9 Å². The summed E-state index contributed by atoms with van der Waals surface area (Å²) in [4.78, 5) is 4.21. The molecule has 1 heterocycles. The molecule has 0 radical (unpaired) electrons. The highest BCUT2D eigenvalue weighted by atomic mass is 16.5. The van der Waals surface area contributed by atoms with Crippen LogP contribution in [0.1, 0.15) is 25.5 Å². The average molecular weight is 232 g/mol. The number of benzene rings is 1. The van der Waals surface area contributed by atoms with Gasteiger partial charge in [0.25, 0.3) is 6.01 Å². The Balaban J connectivity index is 2.51. The van der Waals surface area contributed by atoms with Crippen LogP contribution in [-0.2, 0) is 0 Å². The van der Waals surface area contributed by atoms with Gasteiger partial charge in [-0.1, -0.05) is 26.0 Å². The third-order valence-electron chi connectivity index (χ3n) is 2.55. The molecule has 0 spiro atoms. The summed E-state index contributed by atoms with van der Waals surface area (Å²) >= 11 is 0. The maximum absolute atomic E-state index is 5.62. The summed E-state index contributed by atoms with van der Waals surface area (Å²) in [6.45, 7) is 4.11. The molecule has 17 heavy (non-hydrogen) atoms. The number of nitrogens with two attached hydrogens (primary N) is 1. The lowest BCUT2D eigenvalue weighted by molar-refractivity contribution is 0.415. The highest BCUT2D eigenvalue weighted by molar-refractivity contribution is 5.63.